The third-order valence-electron chi connectivity index (χ3n) is 2.91. The molecule has 4 nitrogen and oxygen atoms in total. The van der Waals surface area contributed by atoms with Gasteiger partial charge in [-0.1, -0.05) is 45.0 Å². The van der Waals surface area contributed by atoms with Crippen LogP contribution in [0.4, 0.5) is 0 Å². The molecule has 0 saturated heterocycles. The number of nitrogens with one attached hydrogen (secondary N) is 1. The van der Waals surface area contributed by atoms with Gasteiger partial charge in [0.1, 0.15) is 5.82 Å². The van der Waals surface area contributed by atoms with Crippen LogP contribution in [0.25, 0.3) is 0 Å². The highest BCUT2D eigenvalue weighted by Crippen LogP contribution is 2.21. The van der Waals surface area contributed by atoms with Crippen LogP contribution in [0.1, 0.15) is 37.7 Å². The first kappa shape index (κ1) is 13.7. The number of nitrogens with zero attached hydrogens (tertiary/aromatic N) is 3. The van der Waals surface area contributed by atoms with Gasteiger partial charge in [0, 0.05) is 0 Å². The predicted octanol–water partition coefficient (Wildman–Crippen LogP) is 3.43. The summed E-state index contributed by atoms with van der Waals surface area (Å²) < 4.78 is 2.10. The van der Waals surface area contributed by atoms with E-state index in [0.29, 0.717) is 4.77 Å². The summed E-state index contributed by atoms with van der Waals surface area (Å²) in [5.74, 6) is 0.743. The molecule has 1 aromatic heterocycles. The Morgan fingerprint density at radius 3 is 2.37 bits per heavy atom. The molecule has 1 heterocycles. The van der Waals surface area contributed by atoms with Gasteiger partial charge in [0.05, 0.1) is 6.21 Å². The Hall–Kier alpha value is -1.75. The van der Waals surface area contributed by atoms with E-state index >= 15 is 0 Å². The van der Waals surface area contributed by atoms with Crippen LogP contribution in [0.15, 0.2) is 29.4 Å². The van der Waals surface area contributed by atoms with Crippen molar-refractivity contribution in [2.45, 2.75) is 33.1 Å². The maximum atomic E-state index is 5.09. The minimum atomic E-state index is 0.166. The third-order valence-corrected chi connectivity index (χ3v) is 3.18. The van der Waals surface area contributed by atoms with Crippen LogP contribution < -0.4 is 0 Å². The van der Waals surface area contributed by atoms with Crippen LogP contribution >= 0.6 is 12.2 Å². The van der Waals surface area contributed by atoms with Crippen LogP contribution in [-0.4, -0.2) is 21.1 Å². The van der Waals surface area contributed by atoms with Gasteiger partial charge in [-0.15, -0.1) is 0 Å². The summed E-state index contributed by atoms with van der Waals surface area (Å²) in [6.45, 7) is 8.45. The summed E-state index contributed by atoms with van der Waals surface area (Å²) in [4.78, 5) is 0. The van der Waals surface area contributed by atoms with E-state index < -0.39 is 0 Å². The SMILES string of the molecule is Cc1n[nH]c(=S)n1/N=C/c1ccc(C(C)(C)C)cc1. The average Bonchev–Trinajstić information content (AvgIpc) is 2.66. The van der Waals surface area contributed by atoms with Gasteiger partial charge in [-0.25, -0.2) is 0 Å². The normalized spacial score (nSPS) is 12.2. The molecule has 0 bridgehead atoms. The monoisotopic (exact) mass is 274 g/mol. The van der Waals surface area contributed by atoms with Crippen molar-refractivity contribution in [3.05, 3.63) is 46.0 Å². The van der Waals surface area contributed by atoms with E-state index in [-0.39, 0.29) is 5.41 Å². The van der Waals surface area contributed by atoms with Crippen LogP contribution in [0.5, 0.6) is 0 Å². The summed E-state index contributed by atoms with van der Waals surface area (Å²) in [6, 6.07) is 8.37. The van der Waals surface area contributed by atoms with E-state index in [1.165, 1.54) is 5.56 Å². The molecule has 0 amide bonds. The maximum Gasteiger partial charge on any atom is 0.216 e. The molecule has 0 aliphatic heterocycles. The van der Waals surface area contributed by atoms with Crippen molar-refractivity contribution in [1.29, 1.82) is 0 Å². The minimum Gasteiger partial charge on any atom is -0.250 e. The standard InChI is InChI=1S/C14H18N4S/c1-10-16-17-13(19)18(10)15-9-11-5-7-12(8-6-11)14(2,3)4/h5-9H,1-4H3,(H,17,19)/b15-9+. The predicted molar refractivity (Wildman–Crippen MR) is 80.3 cm³/mol. The zero-order valence-corrected chi connectivity index (χ0v) is 12.5. The van der Waals surface area contributed by atoms with Crippen LogP contribution in [0, 0.1) is 11.7 Å². The number of aromatic nitrogens is 3. The van der Waals surface area contributed by atoms with Gasteiger partial charge >= 0.3 is 0 Å². The van der Waals surface area contributed by atoms with Gasteiger partial charge in [-0.05, 0) is 35.7 Å². The number of aromatic amines is 1. The van der Waals surface area contributed by atoms with E-state index in [0.717, 1.165) is 11.4 Å². The maximum absolute atomic E-state index is 5.09. The first-order chi connectivity index (χ1) is 8.88. The summed E-state index contributed by atoms with van der Waals surface area (Å²) in [7, 11) is 0. The number of aryl methyl sites for hydroxylation is 1. The van der Waals surface area contributed by atoms with Gasteiger partial charge in [-0.2, -0.15) is 14.9 Å². The van der Waals surface area contributed by atoms with Gasteiger partial charge < -0.3 is 0 Å². The first-order valence-corrected chi connectivity index (χ1v) is 6.58. The Labute approximate surface area is 118 Å². The second kappa shape index (κ2) is 5.09. The molecule has 0 atom stereocenters. The molecule has 0 aliphatic carbocycles. The van der Waals surface area contributed by atoms with Crippen molar-refractivity contribution < 1.29 is 0 Å². The van der Waals surface area contributed by atoms with E-state index in [2.05, 4.69) is 60.3 Å². The largest absolute Gasteiger partial charge is 0.250 e. The second-order valence-electron chi connectivity index (χ2n) is 5.50. The quantitative estimate of drug-likeness (QED) is 0.673. The van der Waals surface area contributed by atoms with Gasteiger partial charge in [0.2, 0.25) is 4.77 Å². The van der Waals surface area contributed by atoms with Crippen molar-refractivity contribution in [3.8, 4) is 0 Å². The molecule has 1 aromatic carbocycles. The highest BCUT2D eigenvalue weighted by molar-refractivity contribution is 7.71. The number of hydrogen-bond acceptors (Lipinski definition) is 3. The van der Waals surface area contributed by atoms with Crippen molar-refractivity contribution in [3.63, 3.8) is 0 Å². The molecule has 100 valence electrons. The number of H-pyrrole nitrogens is 1. The lowest BCUT2D eigenvalue weighted by Gasteiger charge is -2.18. The lowest BCUT2D eigenvalue weighted by molar-refractivity contribution is 0.590. The molecule has 5 heteroatoms. The van der Waals surface area contributed by atoms with Gasteiger partial charge in [0.15, 0.2) is 0 Å². The number of hydrogen-bond donors (Lipinski definition) is 1. The highest BCUT2D eigenvalue weighted by atomic mass is 32.1. The Kier molecular flexibility index (Phi) is 3.66. The van der Waals surface area contributed by atoms with Crippen molar-refractivity contribution >= 4 is 18.4 Å². The lowest BCUT2D eigenvalue weighted by Crippen LogP contribution is -2.10. The van der Waals surface area contributed by atoms with E-state index in [1.54, 1.807) is 10.9 Å². The second-order valence-corrected chi connectivity index (χ2v) is 5.89. The smallest absolute Gasteiger partial charge is 0.216 e. The third kappa shape index (κ3) is 3.17. The molecule has 2 rings (SSSR count). The fraction of sp³-hybridized carbons (Fsp3) is 0.357. The Balaban J connectivity index is 2.23. The molecule has 0 aliphatic rings. The first-order valence-electron chi connectivity index (χ1n) is 6.17. The van der Waals surface area contributed by atoms with Crippen molar-refractivity contribution in [2.75, 3.05) is 0 Å². The average molecular weight is 274 g/mol. The molecular formula is C14H18N4S. The fourth-order valence-electron chi connectivity index (χ4n) is 1.70. The molecule has 0 unspecified atom stereocenters. The summed E-state index contributed by atoms with van der Waals surface area (Å²) in [5.41, 5.74) is 2.51. The summed E-state index contributed by atoms with van der Waals surface area (Å²) >= 11 is 5.09. The molecule has 0 spiro atoms. The Morgan fingerprint density at radius 1 is 1.26 bits per heavy atom. The molecule has 1 N–H and O–H groups in total. The number of rotatable bonds is 2. The van der Waals surface area contributed by atoms with Crippen LogP contribution in [-0.2, 0) is 5.41 Å². The molecular weight excluding hydrogens is 256 g/mol. The van der Waals surface area contributed by atoms with Crippen molar-refractivity contribution in [2.24, 2.45) is 5.10 Å². The van der Waals surface area contributed by atoms with Crippen LogP contribution in [0.2, 0.25) is 0 Å². The fourth-order valence-corrected chi connectivity index (χ4v) is 1.92. The topological polar surface area (TPSA) is 46.0 Å². The van der Waals surface area contributed by atoms with Gasteiger partial charge in [0.25, 0.3) is 0 Å². The van der Waals surface area contributed by atoms with E-state index in [1.807, 2.05) is 6.92 Å². The molecule has 19 heavy (non-hydrogen) atoms. The Bertz CT molecular complexity index is 641. The summed E-state index contributed by atoms with van der Waals surface area (Å²) in [6.07, 6.45) is 1.78. The van der Waals surface area contributed by atoms with Crippen molar-refractivity contribution in [1.82, 2.24) is 14.9 Å². The zero-order chi connectivity index (χ0) is 14.0. The summed E-state index contributed by atoms with van der Waals surface area (Å²) in [5, 5.41) is 11.0. The zero-order valence-electron chi connectivity index (χ0n) is 11.6. The Morgan fingerprint density at radius 2 is 1.89 bits per heavy atom. The molecule has 2 aromatic rings. The van der Waals surface area contributed by atoms with E-state index in [4.69, 9.17) is 12.2 Å². The minimum absolute atomic E-state index is 0.166. The molecule has 0 radical (unpaired) electrons. The molecule has 0 saturated carbocycles. The highest BCUT2D eigenvalue weighted by Gasteiger charge is 2.12. The lowest BCUT2D eigenvalue weighted by atomic mass is 9.87. The van der Waals surface area contributed by atoms with Gasteiger partial charge in [-0.3, -0.25) is 5.10 Å². The van der Waals surface area contributed by atoms with Crippen LogP contribution in [0.3, 0.4) is 0 Å². The van der Waals surface area contributed by atoms with E-state index in [9.17, 15) is 0 Å². The molecule has 0 fully saturated rings. The number of benzene rings is 1.